The molecular formula is C15H19N3O3S. The van der Waals surface area contributed by atoms with Crippen LogP contribution in [0.1, 0.15) is 12.0 Å². The summed E-state index contributed by atoms with van der Waals surface area (Å²) >= 11 is 1.28. The number of carbonyl (C=O) groups excluding carboxylic acids is 2. The van der Waals surface area contributed by atoms with Gasteiger partial charge in [-0.15, -0.1) is 0 Å². The first-order chi connectivity index (χ1) is 10.6. The summed E-state index contributed by atoms with van der Waals surface area (Å²) in [5.41, 5.74) is 1.86. The molecule has 0 saturated carbocycles. The van der Waals surface area contributed by atoms with E-state index in [1.807, 2.05) is 31.2 Å². The highest BCUT2D eigenvalue weighted by molar-refractivity contribution is 8.15. The Morgan fingerprint density at radius 3 is 2.82 bits per heavy atom. The van der Waals surface area contributed by atoms with Crippen molar-refractivity contribution in [3.05, 3.63) is 29.8 Å². The Morgan fingerprint density at radius 2 is 2.14 bits per heavy atom. The third-order valence-corrected chi connectivity index (χ3v) is 4.15. The molecule has 1 heterocycles. The van der Waals surface area contributed by atoms with Crippen LogP contribution in [0.15, 0.2) is 29.3 Å². The lowest BCUT2D eigenvalue weighted by Crippen LogP contribution is -2.28. The van der Waals surface area contributed by atoms with Gasteiger partial charge in [-0.3, -0.25) is 14.6 Å². The van der Waals surface area contributed by atoms with E-state index in [0.717, 1.165) is 11.3 Å². The Bertz CT molecular complexity index is 572. The van der Waals surface area contributed by atoms with Gasteiger partial charge in [0.05, 0.1) is 13.2 Å². The van der Waals surface area contributed by atoms with Gasteiger partial charge < -0.3 is 15.4 Å². The number of amidine groups is 1. The lowest BCUT2D eigenvalue weighted by molar-refractivity contribution is -0.122. The molecule has 1 unspecified atom stereocenters. The van der Waals surface area contributed by atoms with Crippen molar-refractivity contribution in [2.45, 2.75) is 18.6 Å². The fourth-order valence-electron chi connectivity index (χ4n) is 1.87. The molecule has 1 aliphatic heterocycles. The van der Waals surface area contributed by atoms with Crippen LogP contribution in [-0.2, 0) is 14.3 Å². The number of nitrogens with zero attached hydrogens (tertiary/aromatic N) is 1. The molecular weight excluding hydrogens is 302 g/mol. The van der Waals surface area contributed by atoms with E-state index < -0.39 is 5.25 Å². The number of ether oxygens (including phenoxy) is 1. The van der Waals surface area contributed by atoms with E-state index in [-0.39, 0.29) is 18.2 Å². The average molecular weight is 321 g/mol. The van der Waals surface area contributed by atoms with Gasteiger partial charge >= 0.3 is 0 Å². The van der Waals surface area contributed by atoms with E-state index in [4.69, 9.17) is 4.74 Å². The van der Waals surface area contributed by atoms with Crippen molar-refractivity contribution in [3.8, 4) is 0 Å². The van der Waals surface area contributed by atoms with Crippen LogP contribution in [0.2, 0.25) is 0 Å². The number of methoxy groups -OCH3 is 1. The summed E-state index contributed by atoms with van der Waals surface area (Å²) in [4.78, 5) is 28.0. The van der Waals surface area contributed by atoms with Gasteiger partial charge in [0.2, 0.25) is 11.8 Å². The zero-order valence-corrected chi connectivity index (χ0v) is 13.4. The molecule has 0 spiro atoms. The molecule has 1 aromatic rings. The number of anilines is 1. The van der Waals surface area contributed by atoms with Gasteiger partial charge in [0.1, 0.15) is 5.25 Å². The summed E-state index contributed by atoms with van der Waals surface area (Å²) in [6.45, 7) is 2.97. The lowest BCUT2D eigenvalue weighted by Gasteiger charge is -2.07. The van der Waals surface area contributed by atoms with Gasteiger partial charge in [-0.1, -0.05) is 29.5 Å². The van der Waals surface area contributed by atoms with Crippen molar-refractivity contribution < 1.29 is 14.3 Å². The topological polar surface area (TPSA) is 79.8 Å². The van der Waals surface area contributed by atoms with Crippen molar-refractivity contribution >= 4 is 34.4 Å². The van der Waals surface area contributed by atoms with E-state index in [1.165, 1.54) is 11.8 Å². The number of amides is 2. The first kappa shape index (κ1) is 16.5. The summed E-state index contributed by atoms with van der Waals surface area (Å²) in [6.07, 6.45) is 0.119. The molecule has 0 aromatic heterocycles. The number of rotatable bonds is 6. The maximum absolute atomic E-state index is 12.0. The Kier molecular flexibility index (Phi) is 5.97. The van der Waals surface area contributed by atoms with E-state index in [1.54, 1.807) is 7.11 Å². The molecule has 0 aliphatic carbocycles. The van der Waals surface area contributed by atoms with E-state index in [2.05, 4.69) is 15.6 Å². The van der Waals surface area contributed by atoms with Gasteiger partial charge in [-0.05, 0) is 19.1 Å². The van der Waals surface area contributed by atoms with Gasteiger partial charge in [-0.2, -0.15) is 0 Å². The highest BCUT2D eigenvalue weighted by Gasteiger charge is 2.31. The number of nitrogens with one attached hydrogen (secondary N) is 2. The molecule has 1 saturated heterocycles. The predicted molar refractivity (Wildman–Crippen MR) is 88.1 cm³/mol. The monoisotopic (exact) mass is 321 g/mol. The average Bonchev–Trinajstić information content (AvgIpc) is 2.82. The van der Waals surface area contributed by atoms with Gasteiger partial charge in [0, 0.05) is 19.2 Å². The molecule has 2 amide bonds. The molecule has 1 aromatic carbocycles. The number of hydrogen-bond donors (Lipinski definition) is 2. The number of carbonyl (C=O) groups is 2. The molecule has 2 rings (SSSR count). The fourth-order valence-corrected chi connectivity index (χ4v) is 2.87. The molecule has 1 atom stereocenters. The predicted octanol–water partition coefficient (Wildman–Crippen LogP) is 1.56. The van der Waals surface area contributed by atoms with E-state index in [9.17, 15) is 9.59 Å². The number of thioether (sulfide) groups is 1. The molecule has 2 N–H and O–H groups in total. The van der Waals surface area contributed by atoms with Crippen molar-refractivity contribution in [1.29, 1.82) is 0 Å². The van der Waals surface area contributed by atoms with Crippen molar-refractivity contribution in [2.24, 2.45) is 4.99 Å². The quantitative estimate of drug-likeness (QED) is 0.779. The van der Waals surface area contributed by atoms with Crippen LogP contribution in [0.5, 0.6) is 0 Å². The Morgan fingerprint density at radius 1 is 1.41 bits per heavy atom. The van der Waals surface area contributed by atoms with Gasteiger partial charge in [-0.25, -0.2) is 0 Å². The first-order valence-electron chi connectivity index (χ1n) is 6.96. The first-order valence-corrected chi connectivity index (χ1v) is 7.84. The minimum Gasteiger partial charge on any atom is -0.383 e. The largest absolute Gasteiger partial charge is 0.383 e. The standard InChI is InChI=1S/C15H19N3O3S/c1-10-3-5-11(6-4-10)17-13(19)9-12-14(20)18-15(22-12)16-7-8-21-2/h3-6,12H,7-9H2,1-2H3,(H,17,19)(H,16,18,20). The van der Waals surface area contributed by atoms with Crippen molar-refractivity contribution in [1.82, 2.24) is 5.32 Å². The van der Waals surface area contributed by atoms with E-state index in [0.29, 0.717) is 18.3 Å². The third-order valence-electron chi connectivity index (χ3n) is 3.03. The highest BCUT2D eigenvalue weighted by Crippen LogP contribution is 2.23. The normalized spacial score (nSPS) is 19.3. The SMILES string of the molecule is COCCN=C1NC(=O)C(CC(=O)Nc2ccc(C)cc2)S1. The maximum Gasteiger partial charge on any atom is 0.240 e. The summed E-state index contributed by atoms with van der Waals surface area (Å²) < 4.78 is 4.90. The molecule has 1 fully saturated rings. The van der Waals surface area contributed by atoms with Crippen LogP contribution in [-0.4, -0.2) is 42.5 Å². The third kappa shape index (κ3) is 4.85. The number of hydrogen-bond acceptors (Lipinski definition) is 5. The molecule has 22 heavy (non-hydrogen) atoms. The van der Waals surface area contributed by atoms with Crippen LogP contribution in [0.3, 0.4) is 0 Å². The Hall–Kier alpha value is -1.86. The van der Waals surface area contributed by atoms with Crippen LogP contribution >= 0.6 is 11.8 Å². The minimum absolute atomic E-state index is 0.119. The summed E-state index contributed by atoms with van der Waals surface area (Å²) in [5, 5.41) is 5.58. The van der Waals surface area contributed by atoms with Crippen molar-refractivity contribution in [3.63, 3.8) is 0 Å². The smallest absolute Gasteiger partial charge is 0.240 e. The second kappa shape index (κ2) is 7.95. The Labute approximate surface area is 133 Å². The van der Waals surface area contributed by atoms with Crippen LogP contribution in [0.25, 0.3) is 0 Å². The minimum atomic E-state index is -0.438. The van der Waals surface area contributed by atoms with Crippen LogP contribution < -0.4 is 10.6 Å². The Balaban J connectivity index is 1.85. The van der Waals surface area contributed by atoms with Crippen LogP contribution in [0, 0.1) is 6.92 Å². The van der Waals surface area contributed by atoms with Gasteiger partial charge in [0.25, 0.3) is 0 Å². The summed E-state index contributed by atoms with van der Waals surface area (Å²) in [5.74, 6) is -0.366. The molecule has 7 heteroatoms. The number of aliphatic imine (C=N–C) groups is 1. The number of benzene rings is 1. The van der Waals surface area contributed by atoms with E-state index >= 15 is 0 Å². The zero-order valence-electron chi connectivity index (χ0n) is 12.6. The maximum atomic E-state index is 12.0. The van der Waals surface area contributed by atoms with Crippen LogP contribution in [0.4, 0.5) is 5.69 Å². The zero-order chi connectivity index (χ0) is 15.9. The second-order valence-corrected chi connectivity index (χ2v) is 6.09. The highest BCUT2D eigenvalue weighted by atomic mass is 32.2. The van der Waals surface area contributed by atoms with Crippen molar-refractivity contribution in [2.75, 3.05) is 25.6 Å². The summed E-state index contributed by atoms with van der Waals surface area (Å²) in [7, 11) is 1.60. The number of aryl methyl sites for hydroxylation is 1. The fraction of sp³-hybridized carbons (Fsp3) is 0.400. The molecule has 0 radical (unpaired) electrons. The molecule has 118 valence electrons. The molecule has 1 aliphatic rings. The molecule has 6 nitrogen and oxygen atoms in total. The second-order valence-electron chi connectivity index (χ2n) is 4.89. The van der Waals surface area contributed by atoms with Gasteiger partial charge in [0.15, 0.2) is 5.17 Å². The lowest BCUT2D eigenvalue weighted by atomic mass is 10.2. The summed E-state index contributed by atoms with van der Waals surface area (Å²) in [6, 6.07) is 7.53. The molecule has 0 bridgehead atoms.